The highest BCUT2D eigenvalue weighted by molar-refractivity contribution is 5.85. The molecule has 1 aromatic rings. The second kappa shape index (κ2) is 7.36. The van der Waals surface area contributed by atoms with Crippen molar-refractivity contribution in [2.24, 2.45) is 0 Å². The van der Waals surface area contributed by atoms with Crippen LogP contribution in [-0.2, 0) is 11.3 Å². The fraction of sp³-hybridized carbons (Fsp3) is 0.500. The summed E-state index contributed by atoms with van der Waals surface area (Å²) in [6.45, 7) is 4.18. The van der Waals surface area contributed by atoms with Gasteiger partial charge >= 0.3 is 6.09 Å². The largest absolute Gasteiger partial charge is 0.445 e. The number of nitrogens with one attached hydrogen (secondary N) is 2. The first kappa shape index (κ1) is 15.8. The van der Waals surface area contributed by atoms with Crippen LogP contribution in [0.15, 0.2) is 30.3 Å². The monoisotopic (exact) mass is 284 g/mol. The molecule has 1 aromatic carbocycles. The van der Waals surface area contributed by atoms with Gasteiger partial charge in [-0.05, 0) is 31.9 Å². The highest BCUT2D eigenvalue weighted by Gasteiger charge is 2.28. The molecular weight excluding hydrogens is 264 g/mol. The molecule has 2 rings (SSSR count). The molecule has 5 heteroatoms. The number of hydrogen-bond acceptors (Lipinski definition) is 3. The summed E-state index contributed by atoms with van der Waals surface area (Å²) in [5, 5.41) is 6.23. The maximum Gasteiger partial charge on any atom is 0.407 e. The van der Waals surface area contributed by atoms with Crippen molar-refractivity contribution >= 4 is 18.5 Å². The van der Waals surface area contributed by atoms with Gasteiger partial charge in [-0.2, -0.15) is 0 Å². The Bertz CT molecular complexity index is 392. The van der Waals surface area contributed by atoms with Crippen molar-refractivity contribution in [3.63, 3.8) is 0 Å². The van der Waals surface area contributed by atoms with Crippen molar-refractivity contribution in [1.82, 2.24) is 10.6 Å². The number of carbonyl (C=O) groups is 1. The Hall–Kier alpha value is -1.26. The topological polar surface area (TPSA) is 50.4 Å². The second-order valence-electron chi connectivity index (χ2n) is 5.03. The molecule has 106 valence electrons. The van der Waals surface area contributed by atoms with Crippen molar-refractivity contribution in [1.29, 1.82) is 0 Å². The molecule has 1 saturated heterocycles. The highest BCUT2D eigenvalue weighted by atomic mass is 35.5. The van der Waals surface area contributed by atoms with E-state index in [-0.39, 0.29) is 24.0 Å². The molecule has 4 nitrogen and oxygen atoms in total. The molecule has 0 bridgehead atoms. The van der Waals surface area contributed by atoms with Gasteiger partial charge in [0, 0.05) is 6.54 Å². The smallest absolute Gasteiger partial charge is 0.407 e. The number of piperidine rings is 1. The summed E-state index contributed by atoms with van der Waals surface area (Å²) in [5.74, 6) is 0. The van der Waals surface area contributed by atoms with E-state index >= 15 is 0 Å². The van der Waals surface area contributed by atoms with E-state index in [2.05, 4.69) is 10.6 Å². The van der Waals surface area contributed by atoms with Gasteiger partial charge in [0.25, 0.3) is 0 Å². The van der Waals surface area contributed by atoms with Crippen LogP contribution in [-0.4, -0.2) is 24.7 Å². The Morgan fingerprint density at radius 2 is 2.16 bits per heavy atom. The first-order valence-electron chi connectivity index (χ1n) is 6.38. The van der Waals surface area contributed by atoms with Crippen LogP contribution in [0.25, 0.3) is 0 Å². The van der Waals surface area contributed by atoms with Gasteiger partial charge in [-0.15, -0.1) is 12.4 Å². The van der Waals surface area contributed by atoms with Gasteiger partial charge in [0.05, 0.1) is 5.54 Å². The SMILES string of the molecule is CC1(NC(=O)OCc2ccccc2)CCCNC1.Cl. The van der Waals surface area contributed by atoms with Crippen LogP contribution in [0.2, 0.25) is 0 Å². The third kappa shape index (κ3) is 5.09. The summed E-state index contributed by atoms with van der Waals surface area (Å²) in [4.78, 5) is 11.7. The predicted octanol–water partition coefficient (Wildman–Crippen LogP) is 2.48. The number of rotatable bonds is 3. The van der Waals surface area contributed by atoms with E-state index < -0.39 is 0 Å². The quantitative estimate of drug-likeness (QED) is 0.896. The lowest BCUT2D eigenvalue weighted by Crippen LogP contribution is -2.55. The summed E-state index contributed by atoms with van der Waals surface area (Å²) >= 11 is 0. The van der Waals surface area contributed by atoms with Gasteiger partial charge in [-0.3, -0.25) is 0 Å². The van der Waals surface area contributed by atoms with E-state index in [1.54, 1.807) is 0 Å². The number of benzene rings is 1. The zero-order valence-electron chi connectivity index (χ0n) is 11.1. The summed E-state index contributed by atoms with van der Waals surface area (Å²) in [6, 6.07) is 9.69. The number of hydrogen-bond donors (Lipinski definition) is 2. The standard InChI is InChI=1S/C14H20N2O2.ClH/c1-14(8-5-9-15-11-14)16-13(17)18-10-12-6-3-2-4-7-12;/h2-4,6-7,15H,5,8-11H2,1H3,(H,16,17);1H. The molecule has 1 unspecified atom stereocenters. The van der Waals surface area contributed by atoms with Gasteiger partial charge in [0.2, 0.25) is 0 Å². The molecule has 0 spiro atoms. The lowest BCUT2D eigenvalue weighted by atomic mass is 9.93. The van der Waals surface area contributed by atoms with Crippen LogP contribution < -0.4 is 10.6 Å². The third-order valence-electron chi connectivity index (χ3n) is 3.21. The van der Waals surface area contributed by atoms with Gasteiger partial charge in [-0.25, -0.2) is 4.79 Å². The Balaban J connectivity index is 0.00000180. The van der Waals surface area contributed by atoms with Gasteiger partial charge in [0.15, 0.2) is 0 Å². The Labute approximate surface area is 120 Å². The van der Waals surface area contributed by atoms with E-state index in [1.165, 1.54) is 0 Å². The molecule has 1 heterocycles. The van der Waals surface area contributed by atoms with Crippen molar-refractivity contribution in [3.05, 3.63) is 35.9 Å². The Kier molecular flexibility index (Phi) is 6.12. The first-order chi connectivity index (χ1) is 8.68. The molecule has 1 aliphatic rings. The minimum Gasteiger partial charge on any atom is -0.445 e. The average Bonchev–Trinajstić information content (AvgIpc) is 2.38. The lowest BCUT2D eigenvalue weighted by molar-refractivity contribution is 0.123. The van der Waals surface area contributed by atoms with Crippen LogP contribution in [0.1, 0.15) is 25.3 Å². The molecule has 0 saturated carbocycles. The molecule has 0 aromatic heterocycles. The van der Waals surface area contributed by atoms with Crippen LogP contribution in [0, 0.1) is 0 Å². The van der Waals surface area contributed by atoms with Crippen molar-refractivity contribution in [2.45, 2.75) is 31.9 Å². The normalized spacial score (nSPS) is 22.2. The number of carbonyl (C=O) groups excluding carboxylic acids is 1. The number of amides is 1. The van der Waals surface area contributed by atoms with Crippen LogP contribution in [0.3, 0.4) is 0 Å². The van der Waals surface area contributed by atoms with Crippen LogP contribution >= 0.6 is 12.4 Å². The van der Waals surface area contributed by atoms with Gasteiger partial charge < -0.3 is 15.4 Å². The first-order valence-corrected chi connectivity index (χ1v) is 6.38. The molecule has 0 radical (unpaired) electrons. The maximum absolute atomic E-state index is 11.7. The van der Waals surface area contributed by atoms with Crippen LogP contribution in [0.4, 0.5) is 4.79 Å². The summed E-state index contributed by atoms with van der Waals surface area (Å²) in [7, 11) is 0. The summed E-state index contributed by atoms with van der Waals surface area (Å²) in [5.41, 5.74) is 0.811. The molecular formula is C14H21ClN2O2. The second-order valence-corrected chi connectivity index (χ2v) is 5.03. The summed E-state index contributed by atoms with van der Waals surface area (Å²) in [6.07, 6.45) is 1.72. The van der Waals surface area contributed by atoms with E-state index in [9.17, 15) is 4.79 Å². The predicted molar refractivity (Wildman–Crippen MR) is 77.5 cm³/mol. The van der Waals surface area contributed by atoms with Crippen molar-refractivity contribution < 1.29 is 9.53 Å². The fourth-order valence-electron chi connectivity index (χ4n) is 2.17. The zero-order chi connectivity index (χ0) is 12.8. The van der Waals surface area contributed by atoms with E-state index in [0.29, 0.717) is 6.61 Å². The number of alkyl carbamates (subject to hydrolysis) is 1. The third-order valence-corrected chi connectivity index (χ3v) is 3.21. The molecule has 1 atom stereocenters. The van der Waals surface area contributed by atoms with Crippen molar-refractivity contribution in [3.8, 4) is 0 Å². The molecule has 2 N–H and O–H groups in total. The summed E-state index contributed by atoms with van der Waals surface area (Å²) < 4.78 is 5.22. The zero-order valence-corrected chi connectivity index (χ0v) is 12.0. The van der Waals surface area contributed by atoms with E-state index in [0.717, 1.165) is 31.5 Å². The minimum absolute atomic E-state index is 0. The average molecular weight is 285 g/mol. The molecule has 1 aliphatic heterocycles. The molecule has 0 aliphatic carbocycles. The molecule has 1 fully saturated rings. The van der Waals surface area contributed by atoms with Crippen molar-refractivity contribution in [2.75, 3.05) is 13.1 Å². The maximum atomic E-state index is 11.7. The minimum atomic E-state index is -0.343. The number of ether oxygens (including phenoxy) is 1. The Morgan fingerprint density at radius 3 is 2.79 bits per heavy atom. The van der Waals surface area contributed by atoms with E-state index in [1.807, 2.05) is 37.3 Å². The highest BCUT2D eigenvalue weighted by Crippen LogP contribution is 2.15. The number of halogens is 1. The lowest BCUT2D eigenvalue weighted by Gasteiger charge is -2.34. The fourth-order valence-corrected chi connectivity index (χ4v) is 2.17. The van der Waals surface area contributed by atoms with Crippen LogP contribution in [0.5, 0.6) is 0 Å². The van der Waals surface area contributed by atoms with Gasteiger partial charge in [0.1, 0.15) is 6.61 Å². The molecule has 1 amide bonds. The van der Waals surface area contributed by atoms with Gasteiger partial charge in [-0.1, -0.05) is 30.3 Å². The molecule has 19 heavy (non-hydrogen) atoms. The Morgan fingerprint density at radius 1 is 1.42 bits per heavy atom. The van der Waals surface area contributed by atoms with E-state index in [4.69, 9.17) is 4.74 Å².